The fourth-order valence-corrected chi connectivity index (χ4v) is 3.26. The van der Waals surface area contributed by atoms with E-state index in [0.717, 1.165) is 12.1 Å². The second kappa shape index (κ2) is 7.45. The lowest BCUT2D eigenvalue weighted by atomic mass is 9.86. The molecular weight excluding hydrogens is 399 g/mol. The molecule has 1 fully saturated rings. The number of rotatable bonds is 4. The minimum Gasteiger partial charge on any atom is -0.497 e. The number of methoxy groups -OCH3 is 1. The zero-order chi connectivity index (χ0) is 22.1. The van der Waals surface area contributed by atoms with Gasteiger partial charge in [-0.2, -0.15) is 18.4 Å². The second-order valence-electron chi connectivity index (χ2n) is 6.42. The second-order valence-corrected chi connectivity index (χ2v) is 6.42. The van der Waals surface area contributed by atoms with E-state index in [1.807, 2.05) is 0 Å². The van der Waals surface area contributed by atoms with Crippen LogP contribution in [0.2, 0.25) is 0 Å². The van der Waals surface area contributed by atoms with Crippen LogP contribution in [0.15, 0.2) is 42.5 Å². The van der Waals surface area contributed by atoms with Crippen LogP contribution in [0.4, 0.5) is 23.7 Å². The standard InChI is InChI=1S/C21H14F3N3O3/c1-3-10-20(14-5-8-16(30-2)9-6-14)18(28)27(19(29)26-20)15-7-4-13(12-25)17(11-15)21(22,23)24/h1,4-9,11H,10H2,2H3,(H,26,29). The number of anilines is 1. The molecule has 3 amide bonds. The predicted molar refractivity (Wildman–Crippen MR) is 100 cm³/mol. The Morgan fingerprint density at radius 2 is 1.87 bits per heavy atom. The molecule has 152 valence electrons. The number of carbonyl (C=O) groups excluding carboxylic acids is 2. The Labute approximate surface area is 169 Å². The van der Waals surface area contributed by atoms with Gasteiger partial charge in [0.2, 0.25) is 0 Å². The van der Waals surface area contributed by atoms with Crippen LogP contribution in [0, 0.1) is 23.7 Å². The molecule has 0 aromatic heterocycles. The van der Waals surface area contributed by atoms with Crippen LogP contribution in [-0.2, 0) is 16.5 Å². The molecule has 2 aromatic rings. The van der Waals surface area contributed by atoms with Crippen molar-refractivity contribution in [2.75, 3.05) is 12.0 Å². The van der Waals surface area contributed by atoms with E-state index in [1.54, 1.807) is 12.1 Å². The molecule has 1 unspecified atom stereocenters. The number of nitrogens with one attached hydrogen (secondary N) is 1. The minimum atomic E-state index is -4.84. The molecule has 2 aromatic carbocycles. The zero-order valence-corrected chi connectivity index (χ0v) is 15.6. The third-order valence-electron chi connectivity index (χ3n) is 4.73. The molecule has 0 aliphatic carbocycles. The Hall–Kier alpha value is -3.98. The molecule has 30 heavy (non-hydrogen) atoms. The van der Waals surface area contributed by atoms with Gasteiger partial charge in [0.05, 0.1) is 30.0 Å². The molecule has 0 bridgehead atoms. The van der Waals surface area contributed by atoms with Gasteiger partial charge in [-0.1, -0.05) is 12.1 Å². The number of halogens is 3. The fourth-order valence-electron chi connectivity index (χ4n) is 3.26. The normalized spacial score (nSPS) is 18.5. The first-order chi connectivity index (χ1) is 14.2. The molecule has 1 saturated heterocycles. The number of hydrogen-bond acceptors (Lipinski definition) is 4. The van der Waals surface area contributed by atoms with Crippen LogP contribution in [0.3, 0.4) is 0 Å². The highest BCUT2D eigenvalue weighted by Gasteiger charge is 2.53. The summed E-state index contributed by atoms with van der Waals surface area (Å²) in [5.74, 6) is 2.02. The Morgan fingerprint density at radius 3 is 2.40 bits per heavy atom. The summed E-state index contributed by atoms with van der Waals surface area (Å²) in [5.41, 5.74) is -3.49. The SMILES string of the molecule is C#CCC1(c2ccc(OC)cc2)NC(=O)N(c2ccc(C#N)c(C(F)(F)F)c2)C1=O. The lowest BCUT2D eigenvalue weighted by molar-refractivity contribution is -0.137. The lowest BCUT2D eigenvalue weighted by Gasteiger charge is -2.25. The van der Waals surface area contributed by atoms with Gasteiger partial charge in [0, 0.05) is 6.42 Å². The minimum absolute atomic E-state index is 0.219. The van der Waals surface area contributed by atoms with Gasteiger partial charge in [0.15, 0.2) is 5.54 Å². The smallest absolute Gasteiger partial charge is 0.417 e. The van der Waals surface area contributed by atoms with Crippen molar-refractivity contribution in [2.24, 2.45) is 0 Å². The quantitative estimate of drug-likeness (QED) is 0.614. The molecule has 1 heterocycles. The average molecular weight is 413 g/mol. The number of nitrogens with zero attached hydrogens (tertiary/aromatic N) is 2. The van der Waals surface area contributed by atoms with Crippen molar-refractivity contribution >= 4 is 17.6 Å². The topological polar surface area (TPSA) is 82.4 Å². The summed E-state index contributed by atoms with van der Waals surface area (Å²) in [6.45, 7) is 0. The third kappa shape index (κ3) is 3.31. The number of imide groups is 1. The van der Waals surface area contributed by atoms with Crippen LogP contribution in [0.5, 0.6) is 5.75 Å². The van der Waals surface area contributed by atoms with Crippen molar-refractivity contribution in [3.05, 3.63) is 59.2 Å². The Morgan fingerprint density at radius 1 is 1.20 bits per heavy atom. The fraction of sp³-hybridized carbons (Fsp3) is 0.190. The molecule has 1 N–H and O–H groups in total. The van der Waals surface area contributed by atoms with Crippen LogP contribution in [-0.4, -0.2) is 19.0 Å². The van der Waals surface area contributed by atoms with Gasteiger partial charge in [-0.3, -0.25) is 4.79 Å². The van der Waals surface area contributed by atoms with Crippen molar-refractivity contribution in [1.29, 1.82) is 5.26 Å². The number of carbonyl (C=O) groups is 2. The molecule has 9 heteroatoms. The summed E-state index contributed by atoms with van der Waals surface area (Å²) in [5, 5.41) is 11.5. The lowest BCUT2D eigenvalue weighted by Crippen LogP contribution is -2.43. The molecule has 6 nitrogen and oxygen atoms in total. The van der Waals surface area contributed by atoms with E-state index in [-0.39, 0.29) is 12.1 Å². The Bertz CT molecular complexity index is 1100. The third-order valence-corrected chi connectivity index (χ3v) is 4.73. The van der Waals surface area contributed by atoms with E-state index in [0.29, 0.717) is 22.3 Å². The largest absolute Gasteiger partial charge is 0.497 e. The van der Waals surface area contributed by atoms with Gasteiger partial charge in [0.25, 0.3) is 5.91 Å². The van der Waals surface area contributed by atoms with Gasteiger partial charge in [-0.05, 0) is 35.9 Å². The van der Waals surface area contributed by atoms with E-state index in [2.05, 4.69) is 11.2 Å². The Kier molecular flexibility index (Phi) is 5.15. The molecule has 1 aliphatic rings. The summed E-state index contributed by atoms with van der Waals surface area (Å²) in [4.78, 5) is 26.5. The Balaban J connectivity index is 2.11. The highest BCUT2D eigenvalue weighted by molar-refractivity contribution is 6.23. The van der Waals surface area contributed by atoms with Gasteiger partial charge in [0.1, 0.15) is 5.75 Å². The molecule has 1 atom stereocenters. The van der Waals surface area contributed by atoms with E-state index < -0.39 is 34.8 Å². The van der Waals surface area contributed by atoms with E-state index in [9.17, 15) is 22.8 Å². The number of benzene rings is 2. The average Bonchev–Trinajstić information content (AvgIpc) is 2.97. The number of amides is 3. The van der Waals surface area contributed by atoms with Crippen LogP contribution in [0.25, 0.3) is 0 Å². The number of urea groups is 1. The van der Waals surface area contributed by atoms with Crippen LogP contribution in [0.1, 0.15) is 23.1 Å². The summed E-state index contributed by atoms with van der Waals surface area (Å²) in [7, 11) is 1.46. The number of hydrogen-bond donors (Lipinski definition) is 1. The van der Waals surface area contributed by atoms with E-state index in [4.69, 9.17) is 16.4 Å². The van der Waals surface area contributed by atoms with Crippen LogP contribution < -0.4 is 15.0 Å². The number of terminal acetylenes is 1. The van der Waals surface area contributed by atoms with Gasteiger partial charge >= 0.3 is 12.2 Å². The van der Waals surface area contributed by atoms with E-state index in [1.165, 1.54) is 25.3 Å². The maximum Gasteiger partial charge on any atom is 0.417 e. The van der Waals surface area contributed by atoms with Crippen LogP contribution >= 0.6 is 0 Å². The molecule has 0 spiro atoms. The molecule has 0 radical (unpaired) electrons. The highest BCUT2D eigenvalue weighted by Crippen LogP contribution is 2.39. The maximum absolute atomic E-state index is 13.3. The monoisotopic (exact) mass is 413 g/mol. The maximum atomic E-state index is 13.3. The number of alkyl halides is 3. The number of nitriles is 1. The zero-order valence-electron chi connectivity index (χ0n) is 15.6. The first kappa shape index (κ1) is 20.7. The number of ether oxygens (including phenoxy) is 1. The van der Waals surface area contributed by atoms with Crippen molar-refractivity contribution < 1.29 is 27.5 Å². The predicted octanol–water partition coefficient (Wildman–Crippen LogP) is 3.56. The van der Waals surface area contributed by atoms with Gasteiger partial charge in [-0.25, -0.2) is 9.69 Å². The first-order valence-electron chi connectivity index (χ1n) is 8.54. The van der Waals surface area contributed by atoms with Crippen molar-refractivity contribution in [3.63, 3.8) is 0 Å². The van der Waals surface area contributed by atoms with Gasteiger partial charge < -0.3 is 10.1 Å². The molecular formula is C21H14F3N3O3. The summed E-state index contributed by atoms with van der Waals surface area (Å²) in [6, 6.07) is 9.35. The summed E-state index contributed by atoms with van der Waals surface area (Å²) in [6.07, 6.45) is 0.356. The van der Waals surface area contributed by atoms with Crippen molar-refractivity contribution in [2.45, 2.75) is 18.1 Å². The summed E-state index contributed by atoms with van der Waals surface area (Å²) < 4.78 is 45.0. The van der Waals surface area contributed by atoms with Gasteiger partial charge in [-0.15, -0.1) is 12.3 Å². The highest BCUT2D eigenvalue weighted by atomic mass is 19.4. The van der Waals surface area contributed by atoms with E-state index >= 15 is 0 Å². The molecule has 3 rings (SSSR count). The molecule has 1 aliphatic heterocycles. The van der Waals surface area contributed by atoms with Crippen molar-refractivity contribution in [3.8, 4) is 24.2 Å². The first-order valence-corrected chi connectivity index (χ1v) is 8.54. The summed E-state index contributed by atoms with van der Waals surface area (Å²) >= 11 is 0. The molecule has 0 saturated carbocycles. The van der Waals surface area contributed by atoms with Crippen molar-refractivity contribution in [1.82, 2.24) is 5.32 Å².